The minimum absolute atomic E-state index is 0.152. The van der Waals surface area contributed by atoms with Crippen molar-refractivity contribution in [2.45, 2.75) is 6.42 Å². The summed E-state index contributed by atoms with van der Waals surface area (Å²) in [6.07, 6.45) is -0.243. The van der Waals surface area contributed by atoms with Gasteiger partial charge in [0, 0.05) is 0 Å². The lowest BCUT2D eigenvalue weighted by atomic mass is 10.1. The number of anilines is 1. The molecule has 0 aliphatic heterocycles. The third-order valence-corrected chi connectivity index (χ3v) is 2.80. The van der Waals surface area contributed by atoms with E-state index in [0.29, 0.717) is 0 Å². The molecule has 0 fully saturated rings. The van der Waals surface area contributed by atoms with Gasteiger partial charge < -0.3 is 10.4 Å². The van der Waals surface area contributed by atoms with Crippen LogP contribution in [0.15, 0.2) is 42.5 Å². The maximum absolute atomic E-state index is 13.6. The monoisotopic (exact) mass is 291 g/mol. The molecule has 0 aliphatic carbocycles. The van der Waals surface area contributed by atoms with E-state index >= 15 is 0 Å². The molecule has 0 aliphatic rings. The van der Waals surface area contributed by atoms with Crippen LogP contribution in [0.1, 0.15) is 15.9 Å². The highest BCUT2D eigenvalue weighted by Gasteiger charge is 2.12. The number of nitrogens with one attached hydrogen (secondary N) is 1. The van der Waals surface area contributed by atoms with Crippen molar-refractivity contribution in [1.82, 2.24) is 0 Å². The Morgan fingerprint density at radius 3 is 2.38 bits per heavy atom. The van der Waals surface area contributed by atoms with Crippen LogP contribution in [-0.2, 0) is 11.2 Å². The molecule has 21 heavy (non-hydrogen) atoms. The first-order valence-corrected chi connectivity index (χ1v) is 6.03. The molecule has 108 valence electrons. The maximum Gasteiger partial charge on any atom is 0.335 e. The van der Waals surface area contributed by atoms with E-state index in [0.717, 1.165) is 12.1 Å². The van der Waals surface area contributed by atoms with Gasteiger partial charge in [0.2, 0.25) is 5.91 Å². The van der Waals surface area contributed by atoms with Crippen molar-refractivity contribution in [3.8, 4) is 0 Å². The third kappa shape index (κ3) is 3.62. The molecule has 0 atom stereocenters. The van der Waals surface area contributed by atoms with Gasteiger partial charge in [-0.15, -0.1) is 0 Å². The van der Waals surface area contributed by atoms with Crippen LogP contribution in [0.5, 0.6) is 0 Å². The van der Waals surface area contributed by atoms with Gasteiger partial charge in [0.1, 0.15) is 11.6 Å². The topological polar surface area (TPSA) is 66.4 Å². The average molecular weight is 291 g/mol. The number of rotatable bonds is 4. The highest BCUT2D eigenvalue weighted by atomic mass is 19.1. The van der Waals surface area contributed by atoms with Crippen molar-refractivity contribution in [3.05, 3.63) is 65.2 Å². The van der Waals surface area contributed by atoms with Crippen molar-refractivity contribution < 1.29 is 23.5 Å². The summed E-state index contributed by atoms with van der Waals surface area (Å²) in [5, 5.41) is 11.0. The standard InChI is InChI=1S/C15H11F2NO3/c16-11-4-2-1-3-9(11)8-14(19)18-13-6-5-10(15(20)21)7-12(13)17/h1-7H,8H2,(H,18,19)(H,20,21). The Hall–Kier alpha value is -2.76. The van der Waals surface area contributed by atoms with Crippen LogP contribution < -0.4 is 5.32 Å². The summed E-state index contributed by atoms with van der Waals surface area (Å²) < 4.78 is 27.0. The lowest BCUT2D eigenvalue weighted by molar-refractivity contribution is -0.115. The van der Waals surface area contributed by atoms with Crippen molar-refractivity contribution in [2.75, 3.05) is 5.32 Å². The number of halogens is 2. The van der Waals surface area contributed by atoms with Gasteiger partial charge in [-0.2, -0.15) is 0 Å². The van der Waals surface area contributed by atoms with Crippen molar-refractivity contribution in [2.24, 2.45) is 0 Å². The van der Waals surface area contributed by atoms with Gasteiger partial charge in [-0.1, -0.05) is 18.2 Å². The fourth-order valence-corrected chi connectivity index (χ4v) is 1.76. The molecule has 0 spiro atoms. The lowest BCUT2D eigenvalue weighted by Gasteiger charge is -2.07. The number of hydrogen-bond donors (Lipinski definition) is 2. The first-order valence-electron chi connectivity index (χ1n) is 6.03. The molecule has 0 radical (unpaired) electrons. The second-order valence-electron chi connectivity index (χ2n) is 4.32. The van der Waals surface area contributed by atoms with Crippen LogP contribution in [0.4, 0.5) is 14.5 Å². The summed E-state index contributed by atoms with van der Waals surface area (Å²) >= 11 is 0. The number of carbonyl (C=O) groups excluding carboxylic acids is 1. The van der Waals surface area contributed by atoms with E-state index in [4.69, 9.17) is 5.11 Å². The van der Waals surface area contributed by atoms with Crippen LogP contribution in [-0.4, -0.2) is 17.0 Å². The first-order chi connectivity index (χ1) is 9.97. The predicted octanol–water partition coefficient (Wildman–Crippen LogP) is 2.84. The minimum Gasteiger partial charge on any atom is -0.478 e. The van der Waals surface area contributed by atoms with E-state index in [1.807, 2.05) is 0 Å². The first kappa shape index (κ1) is 14.6. The van der Waals surface area contributed by atoms with Crippen molar-refractivity contribution in [3.63, 3.8) is 0 Å². The third-order valence-electron chi connectivity index (χ3n) is 2.80. The molecule has 0 unspecified atom stereocenters. The molecule has 0 heterocycles. The van der Waals surface area contributed by atoms with Gasteiger partial charge in [0.25, 0.3) is 0 Å². The molecular formula is C15H11F2NO3. The minimum atomic E-state index is -1.27. The Morgan fingerprint density at radius 1 is 1.05 bits per heavy atom. The molecule has 0 saturated heterocycles. The smallest absolute Gasteiger partial charge is 0.335 e. The summed E-state index contributed by atoms with van der Waals surface area (Å²) in [7, 11) is 0. The van der Waals surface area contributed by atoms with Crippen LogP contribution in [0.25, 0.3) is 0 Å². The number of benzene rings is 2. The van der Waals surface area contributed by atoms with Gasteiger partial charge in [-0.3, -0.25) is 4.79 Å². The summed E-state index contributed by atoms with van der Waals surface area (Å²) in [5.74, 6) is -3.24. The van der Waals surface area contributed by atoms with E-state index in [9.17, 15) is 18.4 Å². The Labute approximate surface area is 119 Å². The second-order valence-corrected chi connectivity index (χ2v) is 4.32. The summed E-state index contributed by atoms with van der Waals surface area (Å²) in [6.45, 7) is 0. The number of carboxylic acids is 1. The molecule has 0 bridgehead atoms. The molecule has 2 rings (SSSR count). The largest absolute Gasteiger partial charge is 0.478 e. The van der Waals surface area contributed by atoms with E-state index in [1.165, 1.54) is 24.3 Å². The second kappa shape index (κ2) is 6.13. The van der Waals surface area contributed by atoms with E-state index in [2.05, 4.69) is 5.32 Å². The maximum atomic E-state index is 13.6. The number of carbonyl (C=O) groups is 2. The molecule has 1 amide bonds. The van der Waals surface area contributed by atoms with E-state index < -0.39 is 23.5 Å². The molecule has 2 aromatic carbocycles. The summed E-state index contributed by atoms with van der Waals surface area (Å²) in [6, 6.07) is 8.90. The highest BCUT2D eigenvalue weighted by molar-refractivity contribution is 5.93. The van der Waals surface area contributed by atoms with E-state index in [1.54, 1.807) is 6.07 Å². The van der Waals surface area contributed by atoms with Crippen molar-refractivity contribution >= 4 is 17.6 Å². The number of carboxylic acid groups (broad SMARTS) is 1. The van der Waals surface area contributed by atoms with Crippen molar-refractivity contribution in [1.29, 1.82) is 0 Å². The summed E-state index contributed by atoms with van der Waals surface area (Å²) in [5.41, 5.74) is -0.182. The van der Waals surface area contributed by atoms with Gasteiger partial charge in [-0.05, 0) is 29.8 Å². The van der Waals surface area contributed by atoms with Gasteiger partial charge in [0.15, 0.2) is 0 Å². The zero-order valence-corrected chi connectivity index (χ0v) is 10.8. The van der Waals surface area contributed by atoms with Crippen LogP contribution in [0.2, 0.25) is 0 Å². The quantitative estimate of drug-likeness (QED) is 0.910. The summed E-state index contributed by atoms with van der Waals surface area (Å²) in [4.78, 5) is 22.4. The Balaban J connectivity index is 2.10. The molecule has 0 aromatic heterocycles. The fraction of sp³-hybridized carbons (Fsp3) is 0.0667. The number of aromatic carboxylic acids is 1. The Bertz CT molecular complexity index is 701. The zero-order chi connectivity index (χ0) is 15.4. The molecular weight excluding hydrogens is 280 g/mol. The lowest BCUT2D eigenvalue weighted by Crippen LogP contribution is -2.16. The van der Waals surface area contributed by atoms with Gasteiger partial charge in [0.05, 0.1) is 17.7 Å². The zero-order valence-electron chi connectivity index (χ0n) is 10.8. The fourth-order valence-electron chi connectivity index (χ4n) is 1.76. The molecule has 0 saturated carbocycles. The average Bonchev–Trinajstić information content (AvgIpc) is 2.43. The molecule has 2 aromatic rings. The van der Waals surface area contributed by atoms with Gasteiger partial charge >= 0.3 is 5.97 Å². The predicted molar refractivity (Wildman–Crippen MR) is 72.1 cm³/mol. The molecule has 6 heteroatoms. The van der Waals surface area contributed by atoms with Crippen LogP contribution >= 0.6 is 0 Å². The number of hydrogen-bond acceptors (Lipinski definition) is 2. The number of amides is 1. The normalized spacial score (nSPS) is 10.2. The Kier molecular flexibility index (Phi) is 4.27. The van der Waals surface area contributed by atoms with Crippen LogP contribution in [0, 0.1) is 11.6 Å². The van der Waals surface area contributed by atoms with E-state index in [-0.39, 0.29) is 23.2 Å². The SMILES string of the molecule is O=C(Cc1ccccc1F)Nc1ccc(C(=O)O)cc1F. The van der Waals surface area contributed by atoms with Crippen LogP contribution in [0.3, 0.4) is 0 Å². The highest BCUT2D eigenvalue weighted by Crippen LogP contribution is 2.16. The molecule has 4 nitrogen and oxygen atoms in total. The molecule has 2 N–H and O–H groups in total. The Morgan fingerprint density at radius 2 is 1.76 bits per heavy atom. The van der Waals surface area contributed by atoms with Gasteiger partial charge in [-0.25, -0.2) is 13.6 Å².